The summed E-state index contributed by atoms with van der Waals surface area (Å²) in [6.07, 6.45) is 3.22. The van der Waals surface area contributed by atoms with Gasteiger partial charge in [0.2, 0.25) is 0 Å². The van der Waals surface area contributed by atoms with Crippen molar-refractivity contribution >= 4 is 17.6 Å². The van der Waals surface area contributed by atoms with Crippen molar-refractivity contribution in [2.24, 2.45) is 0 Å². The minimum Gasteiger partial charge on any atom is -0.508 e. The lowest BCUT2D eigenvalue weighted by molar-refractivity contribution is 0.475. The number of hydrogen-bond acceptors (Lipinski definition) is 5. The van der Waals surface area contributed by atoms with Gasteiger partial charge in [0.05, 0.1) is 18.1 Å². The predicted octanol–water partition coefficient (Wildman–Crippen LogP) is 2.06. The SMILES string of the molecule is Nc1cnc(CSc2ccc(O)cc2)cn1. The number of aromatic nitrogens is 2. The van der Waals surface area contributed by atoms with E-state index in [4.69, 9.17) is 10.8 Å². The lowest BCUT2D eigenvalue weighted by atomic mass is 10.3. The number of aromatic hydroxyl groups is 1. The lowest BCUT2D eigenvalue weighted by Crippen LogP contribution is -1.94. The van der Waals surface area contributed by atoms with Crippen molar-refractivity contribution in [3.05, 3.63) is 42.4 Å². The number of hydrogen-bond donors (Lipinski definition) is 2. The first-order valence-corrected chi connectivity index (χ1v) is 5.71. The fourth-order valence-corrected chi connectivity index (χ4v) is 1.93. The molecule has 0 aliphatic carbocycles. The summed E-state index contributed by atoms with van der Waals surface area (Å²) in [5.41, 5.74) is 6.32. The maximum absolute atomic E-state index is 9.13. The molecular weight excluding hydrogens is 222 g/mol. The smallest absolute Gasteiger partial charge is 0.141 e. The molecule has 16 heavy (non-hydrogen) atoms. The maximum Gasteiger partial charge on any atom is 0.141 e. The van der Waals surface area contributed by atoms with Crippen molar-refractivity contribution in [3.8, 4) is 5.75 Å². The molecule has 0 saturated heterocycles. The summed E-state index contributed by atoms with van der Waals surface area (Å²) in [7, 11) is 0. The number of nitrogen functional groups attached to an aromatic ring is 1. The third-order valence-electron chi connectivity index (χ3n) is 1.95. The van der Waals surface area contributed by atoms with Crippen LogP contribution in [0.5, 0.6) is 5.75 Å². The van der Waals surface area contributed by atoms with Crippen LogP contribution in [0, 0.1) is 0 Å². The summed E-state index contributed by atoms with van der Waals surface area (Å²) >= 11 is 1.63. The van der Waals surface area contributed by atoms with Gasteiger partial charge < -0.3 is 10.8 Å². The summed E-state index contributed by atoms with van der Waals surface area (Å²) in [6, 6.07) is 7.06. The summed E-state index contributed by atoms with van der Waals surface area (Å²) in [5.74, 6) is 1.44. The number of benzene rings is 1. The first kappa shape index (κ1) is 10.8. The minimum atomic E-state index is 0.275. The Morgan fingerprint density at radius 1 is 1.12 bits per heavy atom. The number of anilines is 1. The Morgan fingerprint density at radius 2 is 1.88 bits per heavy atom. The Morgan fingerprint density at radius 3 is 2.50 bits per heavy atom. The molecular formula is C11H11N3OS. The van der Waals surface area contributed by atoms with E-state index >= 15 is 0 Å². The topological polar surface area (TPSA) is 72.0 Å². The highest BCUT2D eigenvalue weighted by Gasteiger charge is 1.98. The van der Waals surface area contributed by atoms with Gasteiger partial charge in [0.15, 0.2) is 0 Å². The van der Waals surface area contributed by atoms with E-state index in [0.29, 0.717) is 5.82 Å². The van der Waals surface area contributed by atoms with Crippen LogP contribution in [0.3, 0.4) is 0 Å². The van der Waals surface area contributed by atoms with E-state index in [9.17, 15) is 0 Å². The molecule has 2 rings (SSSR count). The Labute approximate surface area is 97.5 Å². The van der Waals surface area contributed by atoms with Crippen molar-refractivity contribution in [3.63, 3.8) is 0 Å². The van der Waals surface area contributed by atoms with Gasteiger partial charge in [-0.3, -0.25) is 4.98 Å². The molecule has 5 heteroatoms. The number of nitrogens with zero attached hydrogens (tertiary/aromatic N) is 2. The van der Waals surface area contributed by atoms with Gasteiger partial charge in [-0.05, 0) is 24.3 Å². The molecule has 1 heterocycles. The quantitative estimate of drug-likeness (QED) is 0.794. The largest absolute Gasteiger partial charge is 0.508 e. The molecule has 0 bridgehead atoms. The molecule has 0 atom stereocenters. The first-order chi connectivity index (χ1) is 7.74. The molecule has 0 unspecified atom stereocenters. The van der Waals surface area contributed by atoms with Gasteiger partial charge in [-0.25, -0.2) is 4.98 Å². The van der Waals surface area contributed by atoms with Gasteiger partial charge in [-0.1, -0.05) is 0 Å². The van der Waals surface area contributed by atoms with E-state index in [1.54, 1.807) is 36.3 Å². The van der Waals surface area contributed by atoms with E-state index in [-0.39, 0.29) is 5.75 Å². The second-order valence-corrected chi connectivity index (χ2v) is 4.26. The zero-order valence-corrected chi connectivity index (χ0v) is 9.31. The van der Waals surface area contributed by atoms with Crippen LogP contribution in [0.2, 0.25) is 0 Å². The molecule has 1 aromatic carbocycles. The molecule has 1 aromatic heterocycles. The maximum atomic E-state index is 9.13. The van der Waals surface area contributed by atoms with Crippen LogP contribution < -0.4 is 5.73 Å². The van der Waals surface area contributed by atoms with E-state index in [1.807, 2.05) is 12.1 Å². The molecule has 0 saturated carbocycles. The van der Waals surface area contributed by atoms with Crippen molar-refractivity contribution in [2.75, 3.05) is 5.73 Å². The molecule has 0 aliphatic heterocycles. The third kappa shape index (κ3) is 2.87. The Hall–Kier alpha value is -1.75. The standard InChI is InChI=1S/C11H11N3OS/c12-11-6-13-8(5-14-11)7-16-10-3-1-9(15)2-4-10/h1-6,15H,7H2,(H2,12,14). The lowest BCUT2D eigenvalue weighted by Gasteiger charge is -2.01. The summed E-state index contributed by atoms with van der Waals surface area (Å²) in [4.78, 5) is 9.20. The number of phenols is 1. The van der Waals surface area contributed by atoms with Crippen molar-refractivity contribution in [1.82, 2.24) is 9.97 Å². The van der Waals surface area contributed by atoms with Crippen LogP contribution in [0.4, 0.5) is 5.82 Å². The number of nitrogens with two attached hydrogens (primary N) is 1. The van der Waals surface area contributed by atoms with Crippen molar-refractivity contribution < 1.29 is 5.11 Å². The highest BCUT2D eigenvalue weighted by molar-refractivity contribution is 7.98. The number of rotatable bonds is 3. The Kier molecular flexibility index (Phi) is 3.26. The van der Waals surface area contributed by atoms with E-state index in [0.717, 1.165) is 16.3 Å². The van der Waals surface area contributed by atoms with Gasteiger partial charge in [0, 0.05) is 10.6 Å². The van der Waals surface area contributed by atoms with Crippen molar-refractivity contribution in [1.29, 1.82) is 0 Å². The first-order valence-electron chi connectivity index (χ1n) is 4.72. The second-order valence-electron chi connectivity index (χ2n) is 3.22. The molecule has 0 radical (unpaired) electrons. The normalized spacial score (nSPS) is 10.2. The van der Waals surface area contributed by atoms with Crippen LogP contribution in [-0.4, -0.2) is 15.1 Å². The van der Waals surface area contributed by atoms with Gasteiger partial charge in [-0.15, -0.1) is 11.8 Å². The molecule has 0 fully saturated rings. The average Bonchev–Trinajstić information content (AvgIpc) is 2.30. The van der Waals surface area contributed by atoms with Gasteiger partial charge in [-0.2, -0.15) is 0 Å². The molecule has 0 spiro atoms. The van der Waals surface area contributed by atoms with Crippen molar-refractivity contribution in [2.45, 2.75) is 10.6 Å². The zero-order valence-electron chi connectivity index (χ0n) is 8.50. The van der Waals surface area contributed by atoms with Gasteiger partial charge in [0.1, 0.15) is 11.6 Å². The van der Waals surface area contributed by atoms with Crippen LogP contribution in [0.25, 0.3) is 0 Å². The van der Waals surface area contributed by atoms with Crippen LogP contribution in [-0.2, 0) is 5.75 Å². The van der Waals surface area contributed by atoms with E-state index in [2.05, 4.69) is 9.97 Å². The second kappa shape index (κ2) is 4.85. The van der Waals surface area contributed by atoms with E-state index < -0.39 is 0 Å². The number of phenolic OH excluding ortho intramolecular Hbond substituents is 1. The molecule has 82 valence electrons. The Bertz CT molecular complexity index is 410. The molecule has 2 aromatic rings. The predicted molar refractivity (Wildman–Crippen MR) is 64.1 cm³/mol. The van der Waals surface area contributed by atoms with Crippen LogP contribution in [0.1, 0.15) is 5.69 Å². The van der Waals surface area contributed by atoms with E-state index in [1.165, 1.54) is 0 Å². The zero-order chi connectivity index (χ0) is 11.4. The summed E-state index contributed by atoms with van der Waals surface area (Å²) in [5, 5.41) is 9.13. The molecule has 4 nitrogen and oxygen atoms in total. The Balaban J connectivity index is 1.97. The highest BCUT2D eigenvalue weighted by atomic mass is 32.2. The fraction of sp³-hybridized carbons (Fsp3) is 0.0909. The average molecular weight is 233 g/mol. The van der Waals surface area contributed by atoms with Crippen LogP contribution in [0.15, 0.2) is 41.6 Å². The molecule has 0 aliphatic rings. The summed E-state index contributed by atoms with van der Waals surface area (Å²) < 4.78 is 0. The van der Waals surface area contributed by atoms with Gasteiger partial charge in [0.25, 0.3) is 0 Å². The number of thioether (sulfide) groups is 1. The fourth-order valence-electron chi connectivity index (χ4n) is 1.14. The third-order valence-corrected chi connectivity index (χ3v) is 2.99. The molecule has 0 amide bonds. The monoisotopic (exact) mass is 233 g/mol. The van der Waals surface area contributed by atoms with Gasteiger partial charge >= 0.3 is 0 Å². The highest BCUT2D eigenvalue weighted by Crippen LogP contribution is 2.23. The summed E-state index contributed by atoms with van der Waals surface area (Å²) in [6.45, 7) is 0. The molecule has 3 N–H and O–H groups in total. The van der Waals surface area contributed by atoms with Crippen LogP contribution >= 0.6 is 11.8 Å². The minimum absolute atomic E-state index is 0.275.